The average molecular weight is 447 g/mol. The summed E-state index contributed by atoms with van der Waals surface area (Å²) < 4.78 is 1.80. The third-order valence-electron chi connectivity index (χ3n) is 5.28. The van der Waals surface area contributed by atoms with E-state index in [0.29, 0.717) is 35.8 Å². The number of carboxylic acids is 1. The highest BCUT2D eigenvalue weighted by Crippen LogP contribution is 2.27. The van der Waals surface area contributed by atoms with Crippen LogP contribution < -0.4 is 10.2 Å². The Morgan fingerprint density at radius 3 is 2.68 bits per heavy atom. The number of carbonyl (C=O) groups is 3. The number of aliphatic carboxylic acids is 1. The van der Waals surface area contributed by atoms with Gasteiger partial charge in [-0.1, -0.05) is 31.5 Å². The molecule has 3 rings (SSSR count). The van der Waals surface area contributed by atoms with E-state index in [1.165, 1.54) is 4.90 Å². The molecule has 166 valence electrons. The Morgan fingerprint density at radius 1 is 1.29 bits per heavy atom. The summed E-state index contributed by atoms with van der Waals surface area (Å²) in [6.45, 7) is 4.38. The van der Waals surface area contributed by atoms with Gasteiger partial charge in [-0.2, -0.15) is 0 Å². The minimum absolute atomic E-state index is 0.0901. The largest absolute Gasteiger partial charge is 0.480 e. The highest BCUT2D eigenvalue weighted by molar-refractivity contribution is 6.31. The summed E-state index contributed by atoms with van der Waals surface area (Å²) in [5.74, 6) is -0.975. The van der Waals surface area contributed by atoms with Crippen molar-refractivity contribution in [2.24, 2.45) is 5.92 Å². The molecule has 31 heavy (non-hydrogen) atoms. The van der Waals surface area contributed by atoms with Gasteiger partial charge < -0.3 is 15.0 Å². The van der Waals surface area contributed by atoms with Crippen LogP contribution in [0.3, 0.4) is 0 Å². The highest BCUT2D eigenvalue weighted by Gasteiger charge is 2.31. The molecule has 1 aliphatic heterocycles. The summed E-state index contributed by atoms with van der Waals surface area (Å²) in [6.07, 6.45) is 2.81. The van der Waals surface area contributed by atoms with Gasteiger partial charge in [-0.15, -0.1) is 0 Å². The molecule has 0 saturated heterocycles. The van der Waals surface area contributed by atoms with Gasteiger partial charge in [0.1, 0.15) is 11.9 Å². The number of carbonyl (C=O) groups excluding carboxylic acids is 2. The van der Waals surface area contributed by atoms with E-state index in [-0.39, 0.29) is 23.3 Å². The molecule has 0 fully saturated rings. The Kier molecular flexibility index (Phi) is 7.00. The van der Waals surface area contributed by atoms with Crippen molar-refractivity contribution in [3.05, 3.63) is 46.4 Å². The Hall–Kier alpha value is -2.87. The van der Waals surface area contributed by atoms with E-state index in [1.807, 2.05) is 13.8 Å². The van der Waals surface area contributed by atoms with Crippen molar-refractivity contribution < 1.29 is 19.5 Å². The molecule has 1 atom stereocenters. The van der Waals surface area contributed by atoms with E-state index in [0.717, 1.165) is 12.8 Å². The molecule has 8 nitrogen and oxygen atoms in total. The van der Waals surface area contributed by atoms with E-state index >= 15 is 0 Å². The van der Waals surface area contributed by atoms with Crippen LogP contribution in [0.5, 0.6) is 0 Å². The molecule has 2 heterocycles. The molecule has 0 radical (unpaired) electrons. The number of hydrogen-bond acceptors (Lipinski definition) is 4. The summed E-state index contributed by atoms with van der Waals surface area (Å²) in [5, 5.41) is 12.6. The maximum absolute atomic E-state index is 13.2. The van der Waals surface area contributed by atoms with Crippen molar-refractivity contribution in [3.63, 3.8) is 0 Å². The van der Waals surface area contributed by atoms with Crippen LogP contribution in [0.2, 0.25) is 5.02 Å². The lowest BCUT2D eigenvalue weighted by molar-refractivity contribution is -0.139. The number of nitrogens with zero attached hydrogens (tertiary/aromatic N) is 3. The first-order valence-electron chi connectivity index (χ1n) is 10.4. The Morgan fingerprint density at radius 2 is 2.03 bits per heavy atom. The van der Waals surface area contributed by atoms with Crippen LogP contribution in [0.15, 0.2) is 24.3 Å². The molecule has 0 aliphatic carbocycles. The fourth-order valence-corrected chi connectivity index (χ4v) is 3.95. The maximum atomic E-state index is 13.2. The maximum Gasteiger partial charge on any atom is 0.326 e. The standard InChI is InChI=1S/C22H27ClN4O4/c1-13(2)11-16(22(30)31)24-20(28)18-19(25-17-9-4-5-10-27(17)18)26(3)21(29)14-7-6-8-15(23)12-14/h6-8,12-13,16H,4-5,9-11H2,1-3H3,(H,24,28)(H,30,31). The van der Waals surface area contributed by atoms with Crippen LogP contribution in [0.1, 0.15) is 59.8 Å². The second-order valence-electron chi connectivity index (χ2n) is 8.18. The van der Waals surface area contributed by atoms with Gasteiger partial charge in [-0.3, -0.25) is 14.5 Å². The van der Waals surface area contributed by atoms with Gasteiger partial charge in [0.25, 0.3) is 11.8 Å². The SMILES string of the molecule is CC(C)CC(NC(=O)c1c(N(C)C(=O)c2cccc(Cl)c2)nc2n1CCCC2)C(=O)O. The molecule has 1 aromatic heterocycles. The minimum Gasteiger partial charge on any atom is -0.480 e. The normalized spacial score (nSPS) is 14.1. The van der Waals surface area contributed by atoms with Gasteiger partial charge >= 0.3 is 5.97 Å². The number of imidazole rings is 1. The molecule has 2 aromatic rings. The number of nitrogens with one attached hydrogen (secondary N) is 1. The van der Waals surface area contributed by atoms with E-state index in [9.17, 15) is 19.5 Å². The van der Waals surface area contributed by atoms with Gasteiger partial charge in [0.2, 0.25) is 0 Å². The minimum atomic E-state index is -1.09. The highest BCUT2D eigenvalue weighted by atomic mass is 35.5. The van der Waals surface area contributed by atoms with Gasteiger partial charge in [0.05, 0.1) is 0 Å². The first-order valence-corrected chi connectivity index (χ1v) is 10.7. The fraction of sp³-hybridized carbons (Fsp3) is 0.455. The zero-order valence-electron chi connectivity index (χ0n) is 17.9. The summed E-state index contributed by atoms with van der Waals surface area (Å²) in [5.41, 5.74) is 0.582. The quantitative estimate of drug-likeness (QED) is 0.678. The Labute approximate surface area is 186 Å². The number of anilines is 1. The molecule has 1 aromatic carbocycles. The van der Waals surface area contributed by atoms with Crippen LogP contribution in [-0.2, 0) is 17.8 Å². The average Bonchev–Trinajstić information content (AvgIpc) is 3.11. The zero-order valence-corrected chi connectivity index (χ0v) is 18.6. The van der Waals surface area contributed by atoms with Gasteiger partial charge in [0.15, 0.2) is 11.5 Å². The molecule has 2 N–H and O–H groups in total. The predicted molar refractivity (Wildman–Crippen MR) is 118 cm³/mol. The predicted octanol–water partition coefficient (Wildman–Crippen LogP) is 3.38. The molecule has 0 spiro atoms. The number of aromatic nitrogens is 2. The van der Waals surface area contributed by atoms with Crippen LogP contribution in [-0.4, -0.2) is 45.5 Å². The number of halogens is 1. The smallest absolute Gasteiger partial charge is 0.326 e. The molecule has 2 amide bonds. The van der Waals surface area contributed by atoms with Crippen molar-refractivity contribution in [3.8, 4) is 0 Å². The molecule has 0 bridgehead atoms. The van der Waals surface area contributed by atoms with Crippen LogP contribution in [0.25, 0.3) is 0 Å². The number of aryl methyl sites for hydroxylation is 1. The first kappa shape index (κ1) is 22.8. The van der Waals surface area contributed by atoms with Crippen LogP contribution in [0.4, 0.5) is 5.82 Å². The number of benzene rings is 1. The Balaban J connectivity index is 1.98. The number of hydrogen-bond donors (Lipinski definition) is 2. The summed E-state index contributed by atoms with van der Waals surface area (Å²) in [7, 11) is 1.55. The van der Waals surface area contributed by atoms with Crippen LogP contribution >= 0.6 is 11.6 Å². The summed E-state index contributed by atoms with van der Waals surface area (Å²) >= 11 is 6.02. The monoisotopic (exact) mass is 446 g/mol. The van der Waals surface area contributed by atoms with Crippen molar-refractivity contribution in [2.75, 3.05) is 11.9 Å². The summed E-state index contributed by atoms with van der Waals surface area (Å²) in [4.78, 5) is 43.8. The second kappa shape index (κ2) is 9.51. The molecule has 0 saturated carbocycles. The van der Waals surface area contributed by atoms with Gasteiger partial charge in [-0.25, -0.2) is 9.78 Å². The number of carboxylic acid groups (broad SMARTS) is 1. The number of fused-ring (bicyclic) bond motifs is 1. The molecule has 1 aliphatic rings. The fourth-order valence-electron chi connectivity index (χ4n) is 3.76. The number of amides is 2. The molecular formula is C22H27ClN4O4. The van der Waals surface area contributed by atoms with Crippen molar-refractivity contribution in [1.82, 2.24) is 14.9 Å². The zero-order chi connectivity index (χ0) is 22.7. The van der Waals surface area contributed by atoms with Crippen LogP contribution in [0, 0.1) is 5.92 Å². The number of rotatable bonds is 7. The molecule has 1 unspecified atom stereocenters. The molecule has 9 heteroatoms. The topological polar surface area (TPSA) is 105 Å². The van der Waals surface area contributed by atoms with Crippen molar-refractivity contribution in [1.29, 1.82) is 0 Å². The van der Waals surface area contributed by atoms with E-state index < -0.39 is 17.9 Å². The van der Waals surface area contributed by atoms with Gasteiger partial charge in [0, 0.05) is 30.6 Å². The first-order chi connectivity index (χ1) is 14.7. The van der Waals surface area contributed by atoms with E-state index in [2.05, 4.69) is 10.3 Å². The van der Waals surface area contributed by atoms with Gasteiger partial charge in [-0.05, 0) is 43.4 Å². The molecular weight excluding hydrogens is 420 g/mol. The van der Waals surface area contributed by atoms with Crippen molar-refractivity contribution in [2.45, 2.75) is 52.1 Å². The lowest BCUT2D eigenvalue weighted by Crippen LogP contribution is -2.43. The summed E-state index contributed by atoms with van der Waals surface area (Å²) in [6, 6.07) is 5.53. The van der Waals surface area contributed by atoms with E-state index in [1.54, 1.807) is 35.9 Å². The van der Waals surface area contributed by atoms with Crippen molar-refractivity contribution >= 4 is 35.2 Å². The Bertz CT molecular complexity index is 1000. The third-order valence-corrected chi connectivity index (χ3v) is 5.51. The lowest BCUT2D eigenvalue weighted by atomic mass is 10.0. The lowest BCUT2D eigenvalue weighted by Gasteiger charge is -2.21. The second-order valence-corrected chi connectivity index (χ2v) is 8.61. The third kappa shape index (κ3) is 5.07. The van der Waals surface area contributed by atoms with E-state index in [4.69, 9.17) is 11.6 Å².